The molecule has 0 spiro atoms. The summed E-state index contributed by atoms with van der Waals surface area (Å²) in [6, 6.07) is 0. The van der Waals surface area contributed by atoms with Gasteiger partial charge in [0.05, 0.1) is 5.56 Å². The monoisotopic (exact) mass is 193 g/mol. The number of hydrogen-bond acceptors (Lipinski definition) is 4. The van der Waals surface area contributed by atoms with E-state index in [4.69, 9.17) is 5.73 Å². The Balaban J connectivity index is 2.65. The summed E-state index contributed by atoms with van der Waals surface area (Å²) >= 11 is 1.52. The Kier molecular flexibility index (Phi) is 4.30. The van der Waals surface area contributed by atoms with Crippen molar-refractivity contribution < 1.29 is 0 Å². The lowest BCUT2D eigenvalue weighted by molar-refractivity contribution is 0.964. The van der Waals surface area contributed by atoms with Crippen LogP contribution in [0.15, 0.2) is 17.6 Å². The van der Waals surface area contributed by atoms with Gasteiger partial charge in [0.1, 0.15) is 0 Å². The summed E-state index contributed by atoms with van der Waals surface area (Å²) in [6.07, 6.45) is 6.10. The average molecular weight is 193 g/mol. The fraction of sp³-hybridized carbons (Fsp3) is 0.333. The van der Waals surface area contributed by atoms with E-state index in [1.807, 2.05) is 6.26 Å². The first-order valence-electron chi connectivity index (χ1n) is 3.92. The Hall–Kier alpha value is -1.05. The summed E-state index contributed by atoms with van der Waals surface area (Å²) in [5.74, 6) is 5.86. The molecule has 1 aromatic rings. The smallest absolute Gasteiger partial charge is 0.187 e. The van der Waals surface area contributed by atoms with Gasteiger partial charge in [-0.25, -0.2) is 9.97 Å². The third-order valence-corrected chi connectivity index (χ3v) is 1.89. The van der Waals surface area contributed by atoms with Crippen LogP contribution < -0.4 is 5.73 Å². The zero-order valence-electron chi connectivity index (χ0n) is 7.45. The standard InChI is InChI=1S/C9H11N3S/c1-13-9-11-6-8(7-12-9)4-2-3-5-10/h6-7H,3,5,10H2,1H3. The third-order valence-electron chi connectivity index (χ3n) is 1.31. The molecule has 0 bridgehead atoms. The normalized spacial score (nSPS) is 9.08. The highest BCUT2D eigenvalue weighted by atomic mass is 32.2. The fourth-order valence-electron chi connectivity index (χ4n) is 0.723. The van der Waals surface area contributed by atoms with E-state index in [1.165, 1.54) is 11.8 Å². The van der Waals surface area contributed by atoms with Crippen molar-refractivity contribution in [3.63, 3.8) is 0 Å². The maximum absolute atomic E-state index is 5.30. The molecule has 0 amide bonds. The number of rotatable bonds is 2. The van der Waals surface area contributed by atoms with Gasteiger partial charge in [0, 0.05) is 25.4 Å². The molecular weight excluding hydrogens is 182 g/mol. The lowest BCUT2D eigenvalue weighted by Gasteiger charge is -1.92. The van der Waals surface area contributed by atoms with Crippen LogP contribution >= 0.6 is 11.8 Å². The van der Waals surface area contributed by atoms with E-state index in [-0.39, 0.29) is 0 Å². The molecule has 4 heteroatoms. The van der Waals surface area contributed by atoms with Gasteiger partial charge in [0.15, 0.2) is 5.16 Å². The van der Waals surface area contributed by atoms with Crippen molar-refractivity contribution >= 4 is 11.8 Å². The van der Waals surface area contributed by atoms with Gasteiger partial charge in [-0.05, 0) is 6.26 Å². The van der Waals surface area contributed by atoms with Crippen molar-refractivity contribution in [3.05, 3.63) is 18.0 Å². The van der Waals surface area contributed by atoms with Crippen LogP contribution in [0.25, 0.3) is 0 Å². The van der Waals surface area contributed by atoms with E-state index in [9.17, 15) is 0 Å². The SMILES string of the molecule is CSc1ncc(C#CCCN)cn1. The van der Waals surface area contributed by atoms with E-state index < -0.39 is 0 Å². The molecule has 0 radical (unpaired) electrons. The molecule has 2 N–H and O–H groups in total. The Morgan fingerprint density at radius 1 is 1.46 bits per heavy atom. The van der Waals surface area contributed by atoms with Crippen molar-refractivity contribution in [1.82, 2.24) is 9.97 Å². The lowest BCUT2D eigenvalue weighted by atomic mass is 10.3. The molecule has 0 aliphatic heterocycles. The molecule has 1 heterocycles. The summed E-state index contributed by atoms with van der Waals surface area (Å²) in [7, 11) is 0. The largest absolute Gasteiger partial charge is 0.330 e. The first-order chi connectivity index (χ1) is 6.36. The summed E-state index contributed by atoms with van der Waals surface area (Å²) in [5.41, 5.74) is 6.14. The number of nitrogens with zero attached hydrogens (tertiary/aromatic N) is 2. The molecule has 0 unspecified atom stereocenters. The van der Waals surface area contributed by atoms with Crippen LogP contribution in [0, 0.1) is 11.8 Å². The van der Waals surface area contributed by atoms with Crippen LogP contribution in [0.4, 0.5) is 0 Å². The second-order valence-electron chi connectivity index (χ2n) is 2.30. The Morgan fingerprint density at radius 3 is 2.69 bits per heavy atom. The molecule has 1 aromatic heterocycles. The van der Waals surface area contributed by atoms with E-state index in [2.05, 4.69) is 21.8 Å². The topological polar surface area (TPSA) is 51.8 Å². The predicted octanol–water partition coefficient (Wildman–Crippen LogP) is 0.899. The molecule has 0 atom stereocenters. The van der Waals surface area contributed by atoms with Crippen LogP contribution in [0.5, 0.6) is 0 Å². The van der Waals surface area contributed by atoms with Gasteiger partial charge in [-0.2, -0.15) is 0 Å². The van der Waals surface area contributed by atoms with Crippen LogP contribution in [-0.4, -0.2) is 22.8 Å². The maximum atomic E-state index is 5.30. The average Bonchev–Trinajstić information content (AvgIpc) is 2.19. The van der Waals surface area contributed by atoms with Crippen molar-refractivity contribution in [2.75, 3.05) is 12.8 Å². The number of hydrogen-bond donors (Lipinski definition) is 1. The molecule has 0 aliphatic carbocycles. The minimum absolute atomic E-state index is 0.594. The van der Waals surface area contributed by atoms with Crippen molar-refractivity contribution in [2.45, 2.75) is 11.6 Å². The van der Waals surface area contributed by atoms with Crippen LogP contribution in [0.3, 0.4) is 0 Å². The fourth-order valence-corrected chi connectivity index (χ4v) is 1.04. The van der Waals surface area contributed by atoms with Crippen LogP contribution in [0.1, 0.15) is 12.0 Å². The highest BCUT2D eigenvalue weighted by Gasteiger charge is 1.91. The molecule has 1 rings (SSSR count). The zero-order chi connectivity index (χ0) is 9.52. The van der Waals surface area contributed by atoms with E-state index in [0.717, 1.165) is 10.7 Å². The Bertz CT molecular complexity index is 310. The van der Waals surface area contributed by atoms with Gasteiger partial charge in [0.2, 0.25) is 0 Å². The molecule has 0 saturated heterocycles. The second kappa shape index (κ2) is 5.57. The van der Waals surface area contributed by atoms with Gasteiger partial charge >= 0.3 is 0 Å². The van der Waals surface area contributed by atoms with Gasteiger partial charge in [-0.3, -0.25) is 0 Å². The van der Waals surface area contributed by atoms with Gasteiger partial charge in [-0.15, -0.1) is 0 Å². The highest BCUT2D eigenvalue weighted by Crippen LogP contribution is 2.05. The second-order valence-corrected chi connectivity index (χ2v) is 3.07. The minimum atomic E-state index is 0.594. The Labute approximate surface area is 82.2 Å². The minimum Gasteiger partial charge on any atom is -0.330 e. The van der Waals surface area contributed by atoms with E-state index in [0.29, 0.717) is 13.0 Å². The molecular formula is C9H11N3S. The molecule has 3 nitrogen and oxygen atoms in total. The number of aromatic nitrogens is 2. The summed E-state index contributed by atoms with van der Waals surface area (Å²) < 4.78 is 0. The summed E-state index contributed by atoms with van der Waals surface area (Å²) in [5, 5.41) is 0.768. The molecule has 0 aromatic carbocycles. The summed E-state index contributed by atoms with van der Waals surface area (Å²) in [4.78, 5) is 8.19. The molecule has 13 heavy (non-hydrogen) atoms. The molecule has 0 aliphatic rings. The van der Waals surface area contributed by atoms with Crippen LogP contribution in [0.2, 0.25) is 0 Å². The molecule has 68 valence electrons. The quantitative estimate of drug-likeness (QED) is 0.431. The van der Waals surface area contributed by atoms with Crippen LogP contribution in [-0.2, 0) is 0 Å². The highest BCUT2D eigenvalue weighted by molar-refractivity contribution is 7.98. The maximum Gasteiger partial charge on any atom is 0.187 e. The van der Waals surface area contributed by atoms with E-state index >= 15 is 0 Å². The number of nitrogens with two attached hydrogens (primary N) is 1. The molecule has 0 saturated carbocycles. The van der Waals surface area contributed by atoms with E-state index in [1.54, 1.807) is 12.4 Å². The van der Waals surface area contributed by atoms with Crippen molar-refractivity contribution in [2.24, 2.45) is 5.73 Å². The number of thioether (sulfide) groups is 1. The lowest BCUT2D eigenvalue weighted by Crippen LogP contribution is -1.95. The first kappa shape index (κ1) is 10.0. The van der Waals surface area contributed by atoms with Crippen molar-refractivity contribution in [3.8, 4) is 11.8 Å². The summed E-state index contributed by atoms with van der Waals surface area (Å²) in [6.45, 7) is 0.594. The third kappa shape index (κ3) is 3.45. The zero-order valence-corrected chi connectivity index (χ0v) is 8.27. The van der Waals surface area contributed by atoms with Crippen molar-refractivity contribution in [1.29, 1.82) is 0 Å². The first-order valence-corrected chi connectivity index (χ1v) is 5.14. The van der Waals surface area contributed by atoms with Gasteiger partial charge < -0.3 is 5.73 Å². The molecule has 0 fully saturated rings. The van der Waals surface area contributed by atoms with Gasteiger partial charge in [0.25, 0.3) is 0 Å². The Morgan fingerprint density at radius 2 is 2.15 bits per heavy atom. The predicted molar refractivity (Wildman–Crippen MR) is 54.4 cm³/mol. The van der Waals surface area contributed by atoms with Gasteiger partial charge in [-0.1, -0.05) is 23.6 Å².